The highest BCUT2D eigenvalue weighted by Gasteiger charge is 2.28. The van der Waals surface area contributed by atoms with Crippen LogP contribution in [0.25, 0.3) is 0 Å². The zero-order chi connectivity index (χ0) is 10.7. The zero-order valence-corrected chi connectivity index (χ0v) is 10.1. The molecule has 0 aromatic carbocycles. The molecule has 0 aliphatic rings. The molecule has 0 aromatic heterocycles. The summed E-state index contributed by atoms with van der Waals surface area (Å²) in [6, 6.07) is 0. The lowest BCUT2D eigenvalue weighted by molar-refractivity contribution is 0.248. The van der Waals surface area contributed by atoms with Crippen LogP contribution in [0.1, 0.15) is 40.5 Å². The molecule has 0 aliphatic carbocycles. The smallest absolute Gasteiger partial charge is 0.211 e. The summed E-state index contributed by atoms with van der Waals surface area (Å²) in [5.74, 6) is 0. The highest BCUT2D eigenvalue weighted by molar-refractivity contribution is 7.88. The van der Waals surface area contributed by atoms with Crippen LogP contribution in [0.3, 0.4) is 0 Å². The fourth-order valence-corrected chi connectivity index (χ4v) is 2.76. The van der Waals surface area contributed by atoms with E-state index in [1.54, 1.807) is 4.31 Å². The van der Waals surface area contributed by atoms with E-state index in [9.17, 15) is 8.42 Å². The molecule has 0 unspecified atom stereocenters. The van der Waals surface area contributed by atoms with Gasteiger partial charge in [0.05, 0.1) is 6.26 Å². The van der Waals surface area contributed by atoms with Crippen molar-refractivity contribution < 1.29 is 8.42 Å². The van der Waals surface area contributed by atoms with E-state index in [0.717, 1.165) is 12.8 Å². The second-order valence-electron chi connectivity index (χ2n) is 4.36. The van der Waals surface area contributed by atoms with E-state index >= 15 is 0 Å². The number of unbranched alkanes of at least 4 members (excludes halogenated alkanes) is 1. The SMILES string of the molecule is CCCCN(C(C)(C)C)S(C)(=O)=O. The molecule has 0 saturated heterocycles. The van der Waals surface area contributed by atoms with Crippen LogP contribution in [-0.2, 0) is 10.0 Å². The predicted molar refractivity (Wildman–Crippen MR) is 56.2 cm³/mol. The van der Waals surface area contributed by atoms with Gasteiger partial charge >= 0.3 is 0 Å². The Morgan fingerprint density at radius 2 is 1.69 bits per heavy atom. The van der Waals surface area contributed by atoms with Crippen LogP contribution in [0.2, 0.25) is 0 Å². The van der Waals surface area contributed by atoms with Crippen molar-refractivity contribution in [2.45, 2.75) is 46.1 Å². The standard InChI is InChI=1S/C9H21NO2S/c1-6-7-8-10(9(2,3)4)13(5,11)12/h6-8H2,1-5H3. The van der Waals surface area contributed by atoms with E-state index < -0.39 is 10.0 Å². The normalized spacial score (nSPS) is 13.7. The van der Waals surface area contributed by atoms with Crippen molar-refractivity contribution in [3.8, 4) is 0 Å². The van der Waals surface area contributed by atoms with Crippen LogP contribution in [0, 0.1) is 0 Å². The van der Waals surface area contributed by atoms with Crippen molar-refractivity contribution in [3.05, 3.63) is 0 Å². The van der Waals surface area contributed by atoms with Crippen molar-refractivity contribution in [1.29, 1.82) is 0 Å². The second-order valence-corrected chi connectivity index (χ2v) is 6.27. The van der Waals surface area contributed by atoms with Gasteiger partial charge in [0.1, 0.15) is 0 Å². The molecule has 0 radical (unpaired) electrons. The molecule has 13 heavy (non-hydrogen) atoms. The first kappa shape index (κ1) is 12.9. The first-order valence-corrected chi connectivity index (χ1v) is 6.52. The summed E-state index contributed by atoms with van der Waals surface area (Å²) in [5, 5.41) is 0. The summed E-state index contributed by atoms with van der Waals surface area (Å²) < 4.78 is 24.4. The minimum Gasteiger partial charge on any atom is -0.212 e. The predicted octanol–water partition coefficient (Wildman–Crippen LogP) is 1.85. The van der Waals surface area contributed by atoms with E-state index in [1.165, 1.54) is 6.26 Å². The molecule has 0 rings (SSSR count). The first-order valence-electron chi connectivity index (χ1n) is 4.67. The first-order chi connectivity index (χ1) is 5.69. The molecule has 0 bridgehead atoms. The third kappa shape index (κ3) is 4.62. The van der Waals surface area contributed by atoms with Crippen LogP contribution >= 0.6 is 0 Å². The van der Waals surface area contributed by atoms with Gasteiger partial charge in [-0.2, -0.15) is 4.31 Å². The maximum Gasteiger partial charge on any atom is 0.211 e. The molecule has 0 heterocycles. The van der Waals surface area contributed by atoms with Gasteiger partial charge in [0, 0.05) is 12.1 Å². The molecule has 0 fully saturated rings. The van der Waals surface area contributed by atoms with E-state index in [1.807, 2.05) is 20.8 Å². The molecule has 0 aromatic rings. The van der Waals surface area contributed by atoms with Gasteiger partial charge in [-0.05, 0) is 27.2 Å². The topological polar surface area (TPSA) is 37.4 Å². The maximum absolute atomic E-state index is 11.4. The van der Waals surface area contributed by atoms with Gasteiger partial charge in [-0.25, -0.2) is 8.42 Å². The van der Waals surface area contributed by atoms with Gasteiger partial charge in [-0.15, -0.1) is 0 Å². The van der Waals surface area contributed by atoms with E-state index in [-0.39, 0.29) is 5.54 Å². The third-order valence-electron chi connectivity index (χ3n) is 1.86. The van der Waals surface area contributed by atoms with E-state index in [0.29, 0.717) is 6.54 Å². The Morgan fingerprint density at radius 3 is 1.92 bits per heavy atom. The van der Waals surface area contributed by atoms with E-state index in [2.05, 4.69) is 6.92 Å². The average molecular weight is 207 g/mol. The Morgan fingerprint density at radius 1 is 1.23 bits per heavy atom. The van der Waals surface area contributed by atoms with Gasteiger partial charge in [-0.3, -0.25) is 0 Å². The molecular weight excluding hydrogens is 186 g/mol. The monoisotopic (exact) mass is 207 g/mol. The molecule has 0 N–H and O–H groups in total. The fraction of sp³-hybridized carbons (Fsp3) is 1.00. The number of hydrogen-bond donors (Lipinski definition) is 0. The second kappa shape index (κ2) is 4.42. The van der Waals surface area contributed by atoms with Crippen LogP contribution < -0.4 is 0 Å². The van der Waals surface area contributed by atoms with Crippen molar-refractivity contribution in [2.75, 3.05) is 12.8 Å². The molecule has 0 atom stereocenters. The summed E-state index contributed by atoms with van der Waals surface area (Å²) in [6.45, 7) is 8.44. The lowest BCUT2D eigenvalue weighted by atomic mass is 10.1. The quantitative estimate of drug-likeness (QED) is 0.705. The Kier molecular flexibility index (Phi) is 4.39. The maximum atomic E-state index is 11.4. The van der Waals surface area contributed by atoms with Crippen LogP contribution in [-0.4, -0.2) is 31.1 Å². The minimum atomic E-state index is -3.06. The van der Waals surface area contributed by atoms with Gasteiger partial charge in [0.25, 0.3) is 0 Å². The van der Waals surface area contributed by atoms with Gasteiger partial charge in [0.15, 0.2) is 0 Å². The molecule has 0 saturated carbocycles. The number of rotatable bonds is 4. The highest BCUT2D eigenvalue weighted by atomic mass is 32.2. The molecule has 0 aliphatic heterocycles. The summed E-state index contributed by atoms with van der Waals surface area (Å²) >= 11 is 0. The fourth-order valence-electron chi connectivity index (χ4n) is 1.30. The average Bonchev–Trinajstić information content (AvgIpc) is 1.81. The largest absolute Gasteiger partial charge is 0.212 e. The third-order valence-corrected chi connectivity index (χ3v) is 3.39. The molecule has 0 spiro atoms. The van der Waals surface area contributed by atoms with Gasteiger partial charge < -0.3 is 0 Å². The number of nitrogens with zero attached hydrogens (tertiary/aromatic N) is 1. The summed E-state index contributed by atoms with van der Waals surface area (Å²) in [4.78, 5) is 0. The van der Waals surface area contributed by atoms with Gasteiger partial charge in [0.2, 0.25) is 10.0 Å². The summed E-state index contributed by atoms with van der Waals surface area (Å²) in [5.41, 5.74) is -0.303. The van der Waals surface area contributed by atoms with Crippen LogP contribution in [0.4, 0.5) is 0 Å². The van der Waals surface area contributed by atoms with Crippen LogP contribution in [0.15, 0.2) is 0 Å². The molecule has 4 heteroatoms. The lowest BCUT2D eigenvalue weighted by Gasteiger charge is -2.33. The zero-order valence-electron chi connectivity index (χ0n) is 9.29. The molecule has 3 nitrogen and oxygen atoms in total. The molecule has 80 valence electrons. The Labute approximate surface area is 82.2 Å². The number of hydrogen-bond acceptors (Lipinski definition) is 2. The van der Waals surface area contributed by atoms with Crippen molar-refractivity contribution in [1.82, 2.24) is 4.31 Å². The van der Waals surface area contributed by atoms with Crippen molar-refractivity contribution in [2.24, 2.45) is 0 Å². The highest BCUT2D eigenvalue weighted by Crippen LogP contribution is 2.17. The van der Waals surface area contributed by atoms with Gasteiger partial charge in [-0.1, -0.05) is 13.3 Å². The summed E-state index contributed by atoms with van der Waals surface area (Å²) in [7, 11) is -3.06. The minimum absolute atomic E-state index is 0.303. The van der Waals surface area contributed by atoms with E-state index in [4.69, 9.17) is 0 Å². The van der Waals surface area contributed by atoms with Crippen molar-refractivity contribution >= 4 is 10.0 Å². The Bertz CT molecular complexity index is 239. The van der Waals surface area contributed by atoms with Crippen LogP contribution in [0.5, 0.6) is 0 Å². The van der Waals surface area contributed by atoms with Crippen molar-refractivity contribution in [3.63, 3.8) is 0 Å². The lowest BCUT2D eigenvalue weighted by Crippen LogP contribution is -2.45. The molecule has 0 amide bonds. The summed E-state index contributed by atoms with van der Waals surface area (Å²) in [6.07, 6.45) is 3.21. The molecular formula is C9H21NO2S. The number of sulfonamides is 1. The Balaban J connectivity index is 4.59. The Hall–Kier alpha value is -0.0900.